The van der Waals surface area contributed by atoms with Crippen LogP contribution in [0.2, 0.25) is 5.02 Å². The second-order valence-corrected chi connectivity index (χ2v) is 7.64. The van der Waals surface area contributed by atoms with Gasteiger partial charge >= 0.3 is 5.97 Å². The molecule has 4 heteroatoms. The SMILES string of the molecule is C=C(C(=O)Oc1ccc(Cl)cc1)[C@H]1CCC(C)[C@@H]2CC(=O)C(C)=C2C1. The maximum absolute atomic E-state index is 12.5. The molecule has 25 heavy (non-hydrogen) atoms. The van der Waals surface area contributed by atoms with Crippen molar-refractivity contribution in [3.05, 3.63) is 52.6 Å². The molecule has 0 aliphatic heterocycles. The van der Waals surface area contributed by atoms with Crippen molar-refractivity contribution < 1.29 is 14.3 Å². The highest BCUT2D eigenvalue weighted by Crippen LogP contribution is 2.45. The Hall–Kier alpha value is -1.87. The monoisotopic (exact) mass is 358 g/mol. The molecule has 0 radical (unpaired) electrons. The highest BCUT2D eigenvalue weighted by molar-refractivity contribution is 6.30. The minimum absolute atomic E-state index is 0.0306. The third-order valence-electron chi connectivity index (χ3n) is 5.66. The van der Waals surface area contributed by atoms with Crippen molar-refractivity contribution in [3.63, 3.8) is 0 Å². The molecule has 0 saturated heterocycles. The fourth-order valence-corrected chi connectivity index (χ4v) is 4.08. The number of hydrogen-bond donors (Lipinski definition) is 0. The van der Waals surface area contributed by atoms with Crippen LogP contribution in [0.15, 0.2) is 47.6 Å². The molecular formula is C21H23ClO3. The number of esters is 1. The highest BCUT2D eigenvalue weighted by Gasteiger charge is 2.38. The van der Waals surface area contributed by atoms with E-state index in [4.69, 9.17) is 16.3 Å². The molecule has 1 aromatic rings. The Morgan fingerprint density at radius 3 is 2.56 bits per heavy atom. The molecule has 0 spiro atoms. The fraction of sp³-hybridized carbons (Fsp3) is 0.429. The lowest BCUT2D eigenvalue weighted by Crippen LogP contribution is -2.18. The Morgan fingerprint density at radius 2 is 1.88 bits per heavy atom. The van der Waals surface area contributed by atoms with Gasteiger partial charge in [0.2, 0.25) is 0 Å². The lowest BCUT2D eigenvalue weighted by atomic mass is 9.86. The smallest absolute Gasteiger partial charge is 0.339 e. The Labute approximate surface area is 153 Å². The number of ketones is 1. The van der Waals surface area contributed by atoms with Crippen LogP contribution in [0.3, 0.4) is 0 Å². The van der Waals surface area contributed by atoms with Crippen LogP contribution >= 0.6 is 11.6 Å². The first kappa shape index (κ1) is 17.9. The van der Waals surface area contributed by atoms with E-state index >= 15 is 0 Å². The molecule has 1 saturated carbocycles. The molecule has 3 nitrogen and oxygen atoms in total. The summed E-state index contributed by atoms with van der Waals surface area (Å²) in [4.78, 5) is 24.6. The van der Waals surface area contributed by atoms with E-state index in [2.05, 4.69) is 13.5 Å². The number of benzene rings is 1. The maximum atomic E-state index is 12.5. The predicted molar refractivity (Wildman–Crippen MR) is 98.5 cm³/mol. The van der Waals surface area contributed by atoms with Crippen molar-refractivity contribution in [1.29, 1.82) is 0 Å². The van der Waals surface area contributed by atoms with Gasteiger partial charge in [-0.1, -0.05) is 30.7 Å². The molecule has 1 aromatic carbocycles. The van der Waals surface area contributed by atoms with Gasteiger partial charge in [0.05, 0.1) is 0 Å². The van der Waals surface area contributed by atoms with Crippen LogP contribution in [0.1, 0.15) is 39.5 Å². The number of hydrogen-bond acceptors (Lipinski definition) is 3. The van der Waals surface area contributed by atoms with Crippen molar-refractivity contribution in [1.82, 2.24) is 0 Å². The van der Waals surface area contributed by atoms with Gasteiger partial charge < -0.3 is 4.74 Å². The van der Waals surface area contributed by atoms with Crippen LogP contribution in [-0.4, -0.2) is 11.8 Å². The number of allylic oxidation sites excluding steroid dienone is 2. The average Bonchev–Trinajstić information content (AvgIpc) is 2.77. The van der Waals surface area contributed by atoms with Gasteiger partial charge in [-0.25, -0.2) is 4.79 Å². The number of ether oxygens (including phenoxy) is 1. The number of fused-ring (bicyclic) bond motifs is 1. The van der Waals surface area contributed by atoms with E-state index in [1.807, 2.05) is 6.92 Å². The summed E-state index contributed by atoms with van der Waals surface area (Å²) in [5.74, 6) is 1.13. The normalized spacial score (nSPS) is 26.2. The molecule has 1 fully saturated rings. The average molecular weight is 359 g/mol. The molecule has 0 N–H and O–H groups in total. The van der Waals surface area contributed by atoms with E-state index < -0.39 is 5.97 Å². The van der Waals surface area contributed by atoms with Crippen molar-refractivity contribution in [2.45, 2.75) is 39.5 Å². The summed E-state index contributed by atoms with van der Waals surface area (Å²) in [6.45, 7) is 8.13. The standard InChI is InChI=1S/C21H23ClO3/c1-12-4-5-15(10-19-14(3)20(23)11-18(12)19)13(2)21(24)25-17-8-6-16(22)7-9-17/h6-9,12,15,18H,2,4-5,10-11H2,1,3H3/t12?,15-,18-/m0/s1. The molecule has 2 aliphatic rings. The van der Waals surface area contributed by atoms with E-state index in [1.54, 1.807) is 24.3 Å². The quantitative estimate of drug-likeness (QED) is 0.426. The van der Waals surface area contributed by atoms with Gasteiger partial charge in [0.25, 0.3) is 0 Å². The van der Waals surface area contributed by atoms with Gasteiger partial charge in [-0.05, 0) is 73.8 Å². The minimum Gasteiger partial charge on any atom is -0.423 e. The van der Waals surface area contributed by atoms with E-state index in [0.717, 1.165) is 24.8 Å². The van der Waals surface area contributed by atoms with Gasteiger partial charge in [-0.3, -0.25) is 4.79 Å². The van der Waals surface area contributed by atoms with E-state index in [0.29, 0.717) is 34.6 Å². The lowest BCUT2D eigenvalue weighted by molar-refractivity contribution is -0.130. The van der Waals surface area contributed by atoms with Crippen LogP contribution < -0.4 is 4.74 Å². The van der Waals surface area contributed by atoms with Crippen molar-refractivity contribution in [2.24, 2.45) is 17.8 Å². The second-order valence-electron chi connectivity index (χ2n) is 7.21. The van der Waals surface area contributed by atoms with Gasteiger partial charge in [0, 0.05) is 17.0 Å². The van der Waals surface area contributed by atoms with E-state index in [1.165, 1.54) is 5.57 Å². The first-order valence-electron chi connectivity index (χ1n) is 8.76. The molecule has 0 amide bonds. The third kappa shape index (κ3) is 3.72. The molecule has 0 heterocycles. The zero-order chi connectivity index (χ0) is 18.1. The van der Waals surface area contributed by atoms with Crippen LogP contribution in [0.25, 0.3) is 0 Å². The van der Waals surface area contributed by atoms with Gasteiger partial charge in [0.1, 0.15) is 5.75 Å². The largest absolute Gasteiger partial charge is 0.423 e. The molecule has 0 bridgehead atoms. The summed E-state index contributed by atoms with van der Waals surface area (Å²) >= 11 is 5.85. The van der Waals surface area contributed by atoms with Gasteiger partial charge in [-0.15, -0.1) is 0 Å². The minimum atomic E-state index is -0.402. The Kier molecular flexibility index (Phi) is 5.14. The van der Waals surface area contributed by atoms with Gasteiger partial charge in [-0.2, -0.15) is 0 Å². The molecular weight excluding hydrogens is 336 g/mol. The summed E-state index contributed by atoms with van der Waals surface area (Å²) in [5, 5.41) is 0.593. The number of Topliss-reactive ketones (excluding diaryl/α,β-unsaturated/α-hetero) is 1. The lowest BCUT2D eigenvalue weighted by Gasteiger charge is -2.19. The molecule has 3 rings (SSSR count). The topological polar surface area (TPSA) is 43.4 Å². The molecule has 1 unspecified atom stereocenters. The van der Waals surface area contributed by atoms with Crippen LogP contribution in [-0.2, 0) is 9.59 Å². The molecule has 3 atom stereocenters. The highest BCUT2D eigenvalue weighted by atomic mass is 35.5. The Morgan fingerprint density at radius 1 is 1.20 bits per heavy atom. The summed E-state index contributed by atoms with van der Waals surface area (Å²) in [5.41, 5.74) is 2.60. The fourth-order valence-electron chi connectivity index (χ4n) is 3.95. The van der Waals surface area contributed by atoms with Crippen LogP contribution in [0, 0.1) is 17.8 Å². The van der Waals surface area contributed by atoms with Crippen LogP contribution in [0.5, 0.6) is 5.75 Å². The first-order valence-corrected chi connectivity index (χ1v) is 9.14. The first-order chi connectivity index (χ1) is 11.9. The van der Waals surface area contributed by atoms with E-state index in [-0.39, 0.29) is 11.7 Å². The summed E-state index contributed by atoms with van der Waals surface area (Å²) in [6, 6.07) is 6.70. The van der Waals surface area contributed by atoms with Crippen molar-refractivity contribution in [3.8, 4) is 5.75 Å². The predicted octanol–water partition coefficient (Wildman–Crippen LogP) is 5.14. The van der Waals surface area contributed by atoms with Crippen LogP contribution in [0.4, 0.5) is 0 Å². The number of carbonyl (C=O) groups excluding carboxylic acids is 2. The molecule has 0 aromatic heterocycles. The molecule has 2 aliphatic carbocycles. The maximum Gasteiger partial charge on any atom is 0.339 e. The Balaban J connectivity index is 1.74. The Bertz CT molecular complexity index is 745. The third-order valence-corrected chi connectivity index (χ3v) is 5.91. The number of carbonyl (C=O) groups is 2. The molecule has 132 valence electrons. The van der Waals surface area contributed by atoms with Crippen molar-refractivity contribution >= 4 is 23.4 Å². The second kappa shape index (κ2) is 7.17. The van der Waals surface area contributed by atoms with E-state index in [9.17, 15) is 9.59 Å². The zero-order valence-electron chi connectivity index (χ0n) is 14.7. The van der Waals surface area contributed by atoms with Crippen molar-refractivity contribution in [2.75, 3.05) is 0 Å². The number of halogens is 1. The summed E-state index contributed by atoms with van der Waals surface area (Å²) < 4.78 is 5.43. The summed E-state index contributed by atoms with van der Waals surface area (Å²) in [6.07, 6.45) is 3.25. The summed E-state index contributed by atoms with van der Waals surface area (Å²) in [7, 11) is 0. The zero-order valence-corrected chi connectivity index (χ0v) is 15.4. The number of rotatable bonds is 3. The van der Waals surface area contributed by atoms with Gasteiger partial charge in [0.15, 0.2) is 5.78 Å².